The van der Waals surface area contributed by atoms with E-state index in [1.807, 2.05) is 6.07 Å². The van der Waals surface area contributed by atoms with E-state index in [2.05, 4.69) is 21.2 Å². The number of urea groups is 1. The molecule has 1 N–H and O–H groups in total. The molecule has 5 aliphatic rings. The largest absolute Gasteiger partial charge is 0.336 e. The Bertz CT molecular complexity index is 1010. The van der Waals surface area contributed by atoms with E-state index in [0.29, 0.717) is 30.0 Å². The molecule has 1 aromatic rings. The molecule has 7 nitrogen and oxygen atoms in total. The fraction of sp³-hybridized carbons (Fsp3) is 0.593. The number of carbonyl (C=O) groups is 3. The van der Waals surface area contributed by atoms with Gasteiger partial charge in [0.1, 0.15) is 6.04 Å². The summed E-state index contributed by atoms with van der Waals surface area (Å²) in [5.41, 5.74) is 2.04. The van der Waals surface area contributed by atoms with Crippen molar-refractivity contribution in [2.45, 2.75) is 69.5 Å². The highest BCUT2D eigenvalue weighted by atomic mass is 16.2. The molecule has 0 radical (unpaired) electrons. The zero-order chi connectivity index (χ0) is 23.2. The maximum absolute atomic E-state index is 13.4. The molecule has 4 aliphatic heterocycles. The molecule has 0 spiro atoms. The van der Waals surface area contributed by atoms with Gasteiger partial charge in [-0.1, -0.05) is 36.3 Å². The Morgan fingerprint density at radius 2 is 1.91 bits per heavy atom. The highest BCUT2D eigenvalue weighted by Crippen LogP contribution is 2.45. The Balaban J connectivity index is 1.13. The minimum Gasteiger partial charge on any atom is -0.336 e. The number of anilines is 1. The maximum atomic E-state index is 13.4. The molecule has 4 amide bonds. The fourth-order valence-corrected chi connectivity index (χ4v) is 7.21. The number of imide groups is 1. The van der Waals surface area contributed by atoms with E-state index in [1.165, 1.54) is 42.7 Å². The van der Waals surface area contributed by atoms with Crippen LogP contribution in [0.25, 0.3) is 0 Å². The van der Waals surface area contributed by atoms with Crippen LogP contribution >= 0.6 is 0 Å². The van der Waals surface area contributed by atoms with Crippen molar-refractivity contribution in [1.82, 2.24) is 15.1 Å². The van der Waals surface area contributed by atoms with Crippen molar-refractivity contribution in [3.63, 3.8) is 0 Å². The molecule has 34 heavy (non-hydrogen) atoms. The number of hydrogen-bond donors (Lipinski definition) is 1. The zero-order valence-corrected chi connectivity index (χ0v) is 19.7. The predicted octanol–water partition coefficient (Wildman–Crippen LogP) is 3.31. The third-order valence-electron chi connectivity index (χ3n) is 8.66. The van der Waals surface area contributed by atoms with Gasteiger partial charge in [0.05, 0.1) is 11.7 Å². The fourth-order valence-electron chi connectivity index (χ4n) is 7.21. The summed E-state index contributed by atoms with van der Waals surface area (Å²) in [5.74, 6) is 1.02. The number of benzene rings is 1. The van der Waals surface area contributed by atoms with E-state index in [0.717, 1.165) is 25.9 Å². The maximum Gasteiger partial charge on any atom is 0.329 e. The van der Waals surface area contributed by atoms with E-state index in [1.54, 1.807) is 24.3 Å². The summed E-state index contributed by atoms with van der Waals surface area (Å²) in [6.45, 7) is 3.10. The molecule has 5 atom stereocenters. The van der Waals surface area contributed by atoms with Gasteiger partial charge in [0.2, 0.25) is 5.91 Å². The standard InChI is InChI=1S/C27H34N4O3/c32-24(12-11-22-26(33)31(27(34)28-22)21-8-2-1-3-9-21)30-14-6-7-18-15-19-16-20(25(18)30)17-29-13-5-4-10-23(19)29/h1-3,8-9,15,19-20,22-23,25H,4-7,10-14,16-17H2,(H,28,34)/t19-,20-,22-,23+,25-/m0/s1. The first-order chi connectivity index (χ1) is 16.6. The summed E-state index contributed by atoms with van der Waals surface area (Å²) in [7, 11) is 0. The number of carbonyl (C=O) groups excluding carboxylic acids is 3. The first-order valence-corrected chi connectivity index (χ1v) is 13.0. The average molecular weight is 463 g/mol. The molecule has 4 saturated heterocycles. The number of nitrogens with zero attached hydrogens (tertiary/aromatic N) is 3. The summed E-state index contributed by atoms with van der Waals surface area (Å²) in [6.07, 6.45) is 10.4. The molecule has 2 bridgehead atoms. The van der Waals surface area contributed by atoms with Crippen LogP contribution in [-0.4, -0.2) is 65.4 Å². The highest BCUT2D eigenvalue weighted by molar-refractivity contribution is 6.21. The smallest absolute Gasteiger partial charge is 0.329 e. The summed E-state index contributed by atoms with van der Waals surface area (Å²) in [6, 6.07) is 8.83. The van der Waals surface area contributed by atoms with Crippen molar-refractivity contribution >= 4 is 23.5 Å². The Morgan fingerprint density at radius 3 is 2.76 bits per heavy atom. The Morgan fingerprint density at radius 1 is 1.06 bits per heavy atom. The first kappa shape index (κ1) is 21.8. The number of fused-ring (bicyclic) bond motifs is 6. The number of rotatable bonds is 4. The number of para-hydroxylation sites is 1. The molecular formula is C27H34N4O3. The zero-order valence-electron chi connectivity index (χ0n) is 19.7. The molecule has 180 valence electrons. The van der Waals surface area contributed by atoms with Crippen LogP contribution in [0.5, 0.6) is 0 Å². The van der Waals surface area contributed by atoms with Crippen LogP contribution in [0.1, 0.15) is 51.4 Å². The molecule has 0 unspecified atom stereocenters. The van der Waals surface area contributed by atoms with Crippen LogP contribution in [0.2, 0.25) is 0 Å². The first-order valence-electron chi connectivity index (χ1n) is 13.0. The van der Waals surface area contributed by atoms with Gasteiger partial charge in [0, 0.05) is 25.6 Å². The summed E-state index contributed by atoms with van der Waals surface area (Å²) in [4.78, 5) is 44.8. The van der Waals surface area contributed by atoms with Crippen LogP contribution in [0.4, 0.5) is 10.5 Å². The van der Waals surface area contributed by atoms with Gasteiger partial charge >= 0.3 is 6.03 Å². The minimum atomic E-state index is -0.643. The topological polar surface area (TPSA) is 73.0 Å². The molecule has 1 aromatic carbocycles. The Labute approximate surface area is 201 Å². The number of likely N-dealkylation sites (tertiary alicyclic amines) is 1. The lowest BCUT2D eigenvalue weighted by Crippen LogP contribution is -2.60. The lowest BCUT2D eigenvalue weighted by molar-refractivity contribution is -0.136. The second-order valence-corrected chi connectivity index (χ2v) is 10.6. The van der Waals surface area contributed by atoms with Gasteiger partial charge in [-0.3, -0.25) is 14.5 Å². The van der Waals surface area contributed by atoms with E-state index in [9.17, 15) is 14.4 Å². The molecule has 6 rings (SSSR count). The van der Waals surface area contributed by atoms with Crippen molar-refractivity contribution < 1.29 is 14.4 Å². The Hall–Kier alpha value is -2.67. The van der Waals surface area contributed by atoms with Gasteiger partial charge in [-0.05, 0) is 69.0 Å². The summed E-state index contributed by atoms with van der Waals surface area (Å²) in [5, 5.41) is 2.78. The molecule has 1 aliphatic carbocycles. The van der Waals surface area contributed by atoms with E-state index in [4.69, 9.17) is 0 Å². The second-order valence-electron chi connectivity index (χ2n) is 10.6. The SMILES string of the molecule is O=C1N[C@@H](CCC(=O)N2CCCC3=C[C@H]4C[C@@H](CN5CCCC[C@H]45)[C@H]32)C(=O)N1c1ccccc1. The van der Waals surface area contributed by atoms with Crippen molar-refractivity contribution in [3.05, 3.63) is 42.0 Å². The molecule has 0 aromatic heterocycles. The van der Waals surface area contributed by atoms with Crippen LogP contribution in [0.3, 0.4) is 0 Å². The number of amides is 4. The van der Waals surface area contributed by atoms with Gasteiger partial charge < -0.3 is 10.2 Å². The van der Waals surface area contributed by atoms with Crippen LogP contribution in [0.15, 0.2) is 42.0 Å². The normalized spacial score (nSPS) is 33.2. The number of piperidine rings is 3. The predicted molar refractivity (Wildman–Crippen MR) is 129 cm³/mol. The van der Waals surface area contributed by atoms with Crippen molar-refractivity contribution in [2.24, 2.45) is 11.8 Å². The molecule has 4 fully saturated rings. The number of hydrogen-bond acceptors (Lipinski definition) is 4. The van der Waals surface area contributed by atoms with Gasteiger partial charge in [-0.15, -0.1) is 0 Å². The molecular weight excluding hydrogens is 428 g/mol. The molecule has 0 saturated carbocycles. The lowest BCUT2D eigenvalue weighted by Gasteiger charge is -2.54. The van der Waals surface area contributed by atoms with Crippen LogP contribution in [-0.2, 0) is 9.59 Å². The quantitative estimate of drug-likeness (QED) is 0.550. The molecule has 7 heteroatoms. The number of nitrogens with one attached hydrogen (secondary N) is 1. The average Bonchev–Trinajstić information content (AvgIpc) is 3.15. The van der Waals surface area contributed by atoms with Gasteiger partial charge in [0.15, 0.2) is 0 Å². The van der Waals surface area contributed by atoms with Crippen molar-refractivity contribution in [1.29, 1.82) is 0 Å². The van der Waals surface area contributed by atoms with Gasteiger partial charge in [-0.25, -0.2) is 9.69 Å². The van der Waals surface area contributed by atoms with E-state index < -0.39 is 12.1 Å². The third-order valence-corrected chi connectivity index (χ3v) is 8.66. The van der Waals surface area contributed by atoms with E-state index >= 15 is 0 Å². The lowest BCUT2D eigenvalue weighted by atomic mass is 9.68. The highest BCUT2D eigenvalue weighted by Gasteiger charge is 2.47. The monoisotopic (exact) mass is 462 g/mol. The van der Waals surface area contributed by atoms with Gasteiger partial charge in [-0.2, -0.15) is 0 Å². The van der Waals surface area contributed by atoms with Crippen LogP contribution in [0, 0.1) is 11.8 Å². The van der Waals surface area contributed by atoms with Crippen LogP contribution < -0.4 is 10.2 Å². The second kappa shape index (κ2) is 8.84. The van der Waals surface area contributed by atoms with E-state index in [-0.39, 0.29) is 24.3 Å². The summed E-state index contributed by atoms with van der Waals surface area (Å²) >= 11 is 0. The minimum absolute atomic E-state index is 0.120. The van der Waals surface area contributed by atoms with Gasteiger partial charge in [0.25, 0.3) is 5.91 Å². The van der Waals surface area contributed by atoms with Crippen molar-refractivity contribution in [3.8, 4) is 0 Å². The summed E-state index contributed by atoms with van der Waals surface area (Å²) < 4.78 is 0. The third kappa shape index (κ3) is 3.74. The molecule has 4 heterocycles. The van der Waals surface area contributed by atoms with Crippen molar-refractivity contribution in [2.75, 3.05) is 24.5 Å². The Kier molecular flexibility index (Phi) is 5.68.